The van der Waals surface area contributed by atoms with Crippen molar-refractivity contribution in [1.82, 2.24) is 19.4 Å². The molecule has 1 aliphatic heterocycles. The van der Waals surface area contributed by atoms with Gasteiger partial charge in [-0.1, -0.05) is 12.1 Å². The zero-order chi connectivity index (χ0) is 19.8. The van der Waals surface area contributed by atoms with Crippen LogP contribution in [-0.4, -0.2) is 51.5 Å². The van der Waals surface area contributed by atoms with E-state index in [4.69, 9.17) is 8.83 Å². The lowest BCUT2D eigenvalue weighted by Crippen LogP contribution is -2.49. The second-order valence-electron chi connectivity index (χ2n) is 6.93. The highest BCUT2D eigenvalue weighted by molar-refractivity contribution is 5.77. The van der Waals surface area contributed by atoms with Crippen molar-refractivity contribution in [3.05, 3.63) is 53.1 Å². The monoisotopic (exact) mass is 393 g/mol. The second-order valence-corrected chi connectivity index (χ2v) is 6.93. The SMILES string of the molecule is O=C(CCn1c(=O)oc2ccccc21)N1CCN(c2nc3ncccc3o2)CC1. The van der Waals surface area contributed by atoms with E-state index in [0.717, 1.165) is 0 Å². The molecule has 0 aliphatic carbocycles. The van der Waals surface area contributed by atoms with Crippen LogP contribution in [0.25, 0.3) is 22.3 Å². The number of pyridine rings is 1. The normalized spacial score (nSPS) is 14.8. The first-order valence-electron chi connectivity index (χ1n) is 9.52. The number of aromatic nitrogens is 3. The number of para-hydroxylation sites is 2. The molecule has 0 atom stereocenters. The lowest BCUT2D eigenvalue weighted by molar-refractivity contribution is -0.131. The van der Waals surface area contributed by atoms with E-state index >= 15 is 0 Å². The number of hydrogen-bond acceptors (Lipinski definition) is 7. The van der Waals surface area contributed by atoms with Gasteiger partial charge in [-0.15, -0.1) is 0 Å². The molecule has 0 radical (unpaired) electrons. The summed E-state index contributed by atoms with van der Waals surface area (Å²) >= 11 is 0. The Morgan fingerprint density at radius 2 is 1.79 bits per heavy atom. The molecule has 3 aromatic heterocycles. The molecule has 0 saturated carbocycles. The second kappa shape index (κ2) is 7.08. The third-order valence-electron chi connectivity index (χ3n) is 5.18. The molecule has 4 heterocycles. The van der Waals surface area contributed by atoms with Crippen LogP contribution in [0, 0.1) is 0 Å². The van der Waals surface area contributed by atoms with Crippen molar-refractivity contribution < 1.29 is 13.6 Å². The minimum Gasteiger partial charge on any atom is -0.422 e. The predicted octanol–water partition coefficient (Wildman–Crippen LogP) is 1.87. The van der Waals surface area contributed by atoms with Gasteiger partial charge in [0.2, 0.25) is 11.6 Å². The largest absolute Gasteiger partial charge is 0.422 e. The number of carbonyl (C=O) groups is 1. The van der Waals surface area contributed by atoms with Gasteiger partial charge in [0.1, 0.15) is 0 Å². The highest BCUT2D eigenvalue weighted by Crippen LogP contribution is 2.21. The fourth-order valence-corrected chi connectivity index (χ4v) is 3.63. The highest BCUT2D eigenvalue weighted by atomic mass is 16.4. The van der Waals surface area contributed by atoms with Gasteiger partial charge in [0.25, 0.3) is 6.01 Å². The van der Waals surface area contributed by atoms with E-state index in [1.807, 2.05) is 40.1 Å². The van der Waals surface area contributed by atoms with E-state index in [1.165, 1.54) is 4.57 Å². The highest BCUT2D eigenvalue weighted by Gasteiger charge is 2.24. The van der Waals surface area contributed by atoms with Gasteiger partial charge in [-0.2, -0.15) is 4.98 Å². The lowest BCUT2D eigenvalue weighted by atomic mass is 10.2. The number of rotatable bonds is 4. The summed E-state index contributed by atoms with van der Waals surface area (Å²) in [5.74, 6) is -0.422. The Morgan fingerprint density at radius 1 is 1.00 bits per heavy atom. The quantitative estimate of drug-likeness (QED) is 0.522. The van der Waals surface area contributed by atoms with Gasteiger partial charge in [-0.05, 0) is 24.3 Å². The molecular formula is C20H19N5O4. The number of hydrogen-bond donors (Lipinski definition) is 0. The van der Waals surface area contributed by atoms with Crippen LogP contribution in [0.5, 0.6) is 0 Å². The van der Waals surface area contributed by atoms with E-state index in [9.17, 15) is 9.59 Å². The van der Waals surface area contributed by atoms with Gasteiger partial charge in [-0.25, -0.2) is 9.78 Å². The molecule has 1 aromatic carbocycles. The smallest absolute Gasteiger partial charge is 0.419 e. The Hall–Kier alpha value is -3.62. The van der Waals surface area contributed by atoms with Crippen LogP contribution in [-0.2, 0) is 11.3 Å². The standard InChI is InChI=1S/C20H19N5O4/c26-17(7-9-25-14-4-1-2-5-15(14)29-20(25)27)23-10-12-24(13-11-23)19-22-18-16(28-19)6-3-8-21-18/h1-6,8H,7,9-13H2. The average Bonchev–Trinajstić information content (AvgIpc) is 3.32. The van der Waals surface area contributed by atoms with Crippen molar-refractivity contribution in [1.29, 1.82) is 0 Å². The number of amides is 1. The Balaban J connectivity index is 1.21. The maximum atomic E-state index is 12.6. The van der Waals surface area contributed by atoms with Crippen molar-refractivity contribution in [2.24, 2.45) is 0 Å². The third-order valence-corrected chi connectivity index (χ3v) is 5.18. The Morgan fingerprint density at radius 3 is 2.62 bits per heavy atom. The molecule has 9 heteroatoms. The summed E-state index contributed by atoms with van der Waals surface area (Å²) in [5, 5.41) is 0. The van der Waals surface area contributed by atoms with E-state index in [1.54, 1.807) is 12.3 Å². The van der Waals surface area contributed by atoms with Gasteiger partial charge >= 0.3 is 5.76 Å². The summed E-state index contributed by atoms with van der Waals surface area (Å²) in [6.07, 6.45) is 1.93. The van der Waals surface area contributed by atoms with Crippen LogP contribution in [0.3, 0.4) is 0 Å². The van der Waals surface area contributed by atoms with Gasteiger partial charge in [0.05, 0.1) is 5.52 Å². The molecular weight excluding hydrogens is 374 g/mol. The zero-order valence-corrected chi connectivity index (χ0v) is 15.7. The third kappa shape index (κ3) is 3.24. The summed E-state index contributed by atoms with van der Waals surface area (Å²) in [5.41, 5.74) is 2.48. The molecule has 1 saturated heterocycles. The molecule has 1 aliphatic rings. The number of anilines is 1. The predicted molar refractivity (Wildman–Crippen MR) is 106 cm³/mol. The summed E-state index contributed by atoms with van der Waals surface area (Å²) in [4.78, 5) is 37.1. The number of nitrogens with zero attached hydrogens (tertiary/aromatic N) is 5. The number of aryl methyl sites for hydroxylation is 1. The number of carbonyl (C=O) groups excluding carboxylic acids is 1. The molecule has 0 spiro atoms. The number of benzene rings is 1. The first-order chi connectivity index (χ1) is 14.2. The molecule has 0 N–H and O–H groups in total. The van der Waals surface area contributed by atoms with Crippen molar-refractivity contribution in [2.75, 3.05) is 31.1 Å². The Labute approximate surface area is 165 Å². The molecule has 1 amide bonds. The molecule has 9 nitrogen and oxygen atoms in total. The van der Waals surface area contributed by atoms with Crippen molar-refractivity contribution in [3.8, 4) is 0 Å². The van der Waals surface area contributed by atoms with Crippen molar-refractivity contribution in [2.45, 2.75) is 13.0 Å². The van der Waals surface area contributed by atoms with Crippen LogP contribution >= 0.6 is 0 Å². The van der Waals surface area contributed by atoms with Gasteiger partial charge in [0.15, 0.2) is 11.2 Å². The fourth-order valence-electron chi connectivity index (χ4n) is 3.63. The number of fused-ring (bicyclic) bond motifs is 2. The molecule has 1 fully saturated rings. The minimum absolute atomic E-state index is 0.0149. The van der Waals surface area contributed by atoms with E-state index in [2.05, 4.69) is 9.97 Å². The molecule has 5 rings (SSSR count). The van der Waals surface area contributed by atoms with E-state index in [-0.39, 0.29) is 12.3 Å². The summed E-state index contributed by atoms with van der Waals surface area (Å²) in [6, 6.07) is 11.4. The first-order valence-corrected chi connectivity index (χ1v) is 9.52. The maximum absolute atomic E-state index is 12.6. The average molecular weight is 393 g/mol. The lowest BCUT2D eigenvalue weighted by Gasteiger charge is -2.33. The summed E-state index contributed by atoms with van der Waals surface area (Å²) < 4.78 is 12.5. The fraction of sp³-hybridized carbons (Fsp3) is 0.300. The topological polar surface area (TPSA) is 97.6 Å². The molecule has 0 bridgehead atoms. The van der Waals surface area contributed by atoms with Crippen LogP contribution in [0.2, 0.25) is 0 Å². The van der Waals surface area contributed by atoms with Crippen LogP contribution in [0.15, 0.2) is 56.2 Å². The van der Waals surface area contributed by atoms with Crippen LogP contribution < -0.4 is 10.7 Å². The Bertz CT molecular complexity index is 1200. The molecule has 148 valence electrons. The van der Waals surface area contributed by atoms with Crippen molar-refractivity contribution in [3.63, 3.8) is 0 Å². The summed E-state index contributed by atoms with van der Waals surface area (Å²) in [6.45, 7) is 2.71. The van der Waals surface area contributed by atoms with E-state index < -0.39 is 5.76 Å². The molecule has 29 heavy (non-hydrogen) atoms. The Kier molecular flexibility index (Phi) is 4.27. The van der Waals surface area contributed by atoms with Gasteiger partial charge in [-0.3, -0.25) is 9.36 Å². The zero-order valence-electron chi connectivity index (χ0n) is 15.7. The van der Waals surface area contributed by atoms with Gasteiger partial charge < -0.3 is 18.6 Å². The molecule has 0 unspecified atom stereocenters. The number of piperazine rings is 1. The van der Waals surface area contributed by atoms with Gasteiger partial charge in [0, 0.05) is 45.3 Å². The summed E-state index contributed by atoms with van der Waals surface area (Å²) in [7, 11) is 0. The maximum Gasteiger partial charge on any atom is 0.419 e. The molecule has 4 aromatic rings. The minimum atomic E-state index is -0.437. The first kappa shape index (κ1) is 17.5. The van der Waals surface area contributed by atoms with Crippen molar-refractivity contribution >= 4 is 34.3 Å². The van der Waals surface area contributed by atoms with E-state index in [0.29, 0.717) is 61.1 Å². The number of oxazole rings is 2. The van der Waals surface area contributed by atoms with Crippen LogP contribution in [0.1, 0.15) is 6.42 Å². The van der Waals surface area contributed by atoms with Crippen LogP contribution in [0.4, 0.5) is 6.01 Å².